The van der Waals surface area contributed by atoms with Crippen molar-refractivity contribution in [1.82, 2.24) is 10.6 Å². The van der Waals surface area contributed by atoms with Gasteiger partial charge < -0.3 is 10.6 Å². The molecule has 4 nitrogen and oxygen atoms in total. The van der Waals surface area contributed by atoms with Gasteiger partial charge in [0.1, 0.15) is 5.82 Å². The van der Waals surface area contributed by atoms with E-state index in [9.17, 15) is 14.0 Å². The van der Waals surface area contributed by atoms with Gasteiger partial charge in [0.05, 0.1) is 4.88 Å². The molecule has 1 aliphatic rings. The summed E-state index contributed by atoms with van der Waals surface area (Å²) >= 11 is 1.30. The van der Waals surface area contributed by atoms with E-state index < -0.39 is 0 Å². The Labute approximate surface area is 125 Å². The van der Waals surface area contributed by atoms with Crippen molar-refractivity contribution in [3.8, 4) is 0 Å². The van der Waals surface area contributed by atoms with Crippen LogP contribution in [0.1, 0.15) is 28.1 Å². The number of thiophene rings is 1. The summed E-state index contributed by atoms with van der Waals surface area (Å²) in [4.78, 5) is 24.0. The molecule has 0 saturated carbocycles. The average molecular weight is 306 g/mol. The lowest BCUT2D eigenvalue weighted by Crippen LogP contribution is -2.47. The predicted molar refractivity (Wildman–Crippen MR) is 80.0 cm³/mol. The van der Waals surface area contributed by atoms with Gasteiger partial charge in [0.15, 0.2) is 0 Å². The topological polar surface area (TPSA) is 58.2 Å². The molecule has 3 rings (SSSR count). The maximum atomic E-state index is 13.9. The van der Waals surface area contributed by atoms with E-state index in [0.29, 0.717) is 35.2 Å². The third kappa shape index (κ3) is 2.63. The first kappa shape index (κ1) is 14.0. The molecule has 21 heavy (non-hydrogen) atoms. The summed E-state index contributed by atoms with van der Waals surface area (Å²) in [6.07, 6.45) is 1.06. The minimum absolute atomic E-state index is 0.0145. The van der Waals surface area contributed by atoms with Crippen LogP contribution in [0, 0.1) is 12.7 Å². The van der Waals surface area contributed by atoms with Crippen LogP contribution >= 0.6 is 11.3 Å². The first-order valence-corrected chi connectivity index (χ1v) is 7.63. The summed E-state index contributed by atoms with van der Waals surface area (Å²) in [5.74, 6) is -0.486. The molecule has 0 spiro atoms. The fourth-order valence-electron chi connectivity index (χ4n) is 2.58. The fraction of sp³-hybridized carbons (Fsp3) is 0.333. The van der Waals surface area contributed by atoms with Crippen LogP contribution in [-0.2, 0) is 4.79 Å². The molecule has 2 N–H and O–H groups in total. The molecule has 1 aliphatic heterocycles. The Bertz CT molecular complexity index is 716. The van der Waals surface area contributed by atoms with Crippen LogP contribution in [0.5, 0.6) is 0 Å². The molecule has 0 aliphatic carbocycles. The summed E-state index contributed by atoms with van der Waals surface area (Å²) in [7, 11) is 0. The highest BCUT2D eigenvalue weighted by molar-refractivity contribution is 7.21. The molecule has 2 aromatic rings. The van der Waals surface area contributed by atoms with Crippen LogP contribution in [0.2, 0.25) is 0 Å². The van der Waals surface area contributed by atoms with E-state index in [1.807, 2.05) is 6.07 Å². The lowest BCUT2D eigenvalue weighted by molar-refractivity contribution is -0.122. The van der Waals surface area contributed by atoms with Gasteiger partial charge in [-0.2, -0.15) is 0 Å². The van der Waals surface area contributed by atoms with E-state index in [-0.39, 0.29) is 23.7 Å². The molecule has 1 unspecified atom stereocenters. The molecule has 0 radical (unpaired) electrons. The maximum Gasteiger partial charge on any atom is 0.261 e. The maximum absolute atomic E-state index is 13.9. The Hall–Kier alpha value is -1.95. The zero-order chi connectivity index (χ0) is 15.0. The number of fused-ring (bicyclic) bond motifs is 1. The smallest absolute Gasteiger partial charge is 0.261 e. The van der Waals surface area contributed by atoms with Gasteiger partial charge in [-0.05, 0) is 31.0 Å². The number of aryl methyl sites for hydroxylation is 1. The van der Waals surface area contributed by atoms with E-state index in [2.05, 4.69) is 10.6 Å². The van der Waals surface area contributed by atoms with E-state index in [1.54, 1.807) is 13.0 Å². The van der Waals surface area contributed by atoms with Crippen molar-refractivity contribution in [2.24, 2.45) is 0 Å². The summed E-state index contributed by atoms with van der Waals surface area (Å²) in [6.45, 7) is 2.21. The number of carbonyl (C=O) groups excluding carboxylic acids is 2. The number of amides is 2. The third-order valence-corrected chi connectivity index (χ3v) is 4.97. The van der Waals surface area contributed by atoms with Crippen LogP contribution < -0.4 is 10.6 Å². The molecule has 1 aromatic heterocycles. The minimum Gasteiger partial charge on any atom is -0.354 e. The van der Waals surface area contributed by atoms with E-state index in [1.165, 1.54) is 17.4 Å². The van der Waals surface area contributed by atoms with Gasteiger partial charge in [-0.1, -0.05) is 6.07 Å². The highest BCUT2D eigenvalue weighted by atomic mass is 32.1. The molecule has 1 fully saturated rings. The second-order valence-corrected chi connectivity index (χ2v) is 6.23. The lowest BCUT2D eigenvalue weighted by atomic mass is 10.1. The quantitative estimate of drug-likeness (QED) is 0.895. The molecule has 1 atom stereocenters. The van der Waals surface area contributed by atoms with Gasteiger partial charge in [-0.3, -0.25) is 9.59 Å². The van der Waals surface area contributed by atoms with Crippen LogP contribution in [0.4, 0.5) is 4.39 Å². The summed E-state index contributed by atoms with van der Waals surface area (Å²) in [5.41, 5.74) is 0.672. The third-order valence-electron chi connectivity index (χ3n) is 3.71. The second-order valence-electron chi connectivity index (χ2n) is 5.18. The Kier molecular flexibility index (Phi) is 3.63. The van der Waals surface area contributed by atoms with E-state index in [4.69, 9.17) is 0 Å². The Morgan fingerprint density at radius 1 is 1.48 bits per heavy atom. The molecular weight excluding hydrogens is 291 g/mol. The highest BCUT2D eigenvalue weighted by Crippen LogP contribution is 2.32. The van der Waals surface area contributed by atoms with Gasteiger partial charge >= 0.3 is 0 Å². The van der Waals surface area contributed by atoms with Gasteiger partial charge in [0, 0.05) is 29.1 Å². The standard InChI is InChI=1S/C15H15FN2O2S/c1-8-13-10(16)3-2-4-11(13)21-14(8)15(20)18-9-5-6-12(19)17-7-9/h2-4,9H,5-7H2,1H3,(H,17,19)(H,18,20). The van der Waals surface area contributed by atoms with Crippen molar-refractivity contribution in [3.63, 3.8) is 0 Å². The average Bonchev–Trinajstić information content (AvgIpc) is 2.80. The monoisotopic (exact) mass is 306 g/mol. The molecule has 2 heterocycles. The number of rotatable bonds is 2. The second kappa shape index (κ2) is 5.44. The molecule has 1 saturated heterocycles. The van der Waals surface area contributed by atoms with E-state index >= 15 is 0 Å². The van der Waals surface area contributed by atoms with Crippen LogP contribution in [-0.4, -0.2) is 24.4 Å². The number of benzene rings is 1. The first-order valence-electron chi connectivity index (χ1n) is 6.81. The molecule has 1 aromatic carbocycles. The highest BCUT2D eigenvalue weighted by Gasteiger charge is 2.23. The molecule has 2 amide bonds. The molecular formula is C15H15FN2O2S. The van der Waals surface area contributed by atoms with Gasteiger partial charge in [0.25, 0.3) is 5.91 Å². The van der Waals surface area contributed by atoms with Crippen molar-refractivity contribution < 1.29 is 14.0 Å². The van der Waals surface area contributed by atoms with Crippen molar-refractivity contribution in [1.29, 1.82) is 0 Å². The SMILES string of the molecule is Cc1c(C(=O)NC2CCC(=O)NC2)sc2cccc(F)c12. The minimum atomic E-state index is -0.301. The van der Waals surface area contributed by atoms with Crippen molar-refractivity contribution in [2.45, 2.75) is 25.8 Å². The Morgan fingerprint density at radius 3 is 2.95 bits per heavy atom. The zero-order valence-corrected chi connectivity index (χ0v) is 12.3. The summed E-state index contributed by atoms with van der Waals surface area (Å²) in [5, 5.41) is 6.16. The number of nitrogens with one attached hydrogen (secondary N) is 2. The van der Waals surface area contributed by atoms with Crippen LogP contribution in [0.15, 0.2) is 18.2 Å². The van der Waals surface area contributed by atoms with Gasteiger partial charge in [-0.25, -0.2) is 4.39 Å². The number of hydrogen-bond donors (Lipinski definition) is 2. The molecule has 110 valence electrons. The van der Waals surface area contributed by atoms with Crippen LogP contribution in [0.3, 0.4) is 0 Å². The molecule has 6 heteroatoms. The largest absolute Gasteiger partial charge is 0.354 e. The van der Waals surface area contributed by atoms with Crippen molar-refractivity contribution in [2.75, 3.05) is 6.54 Å². The van der Waals surface area contributed by atoms with Crippen molar-refractivity contribution in [3.05, 3.63) is 34.5 Å². The summed E-state index contributed by atoms with van der Waals surface area (Å²) in [6, 6.07) is 4.80. The van der Waals surface area contributed by atoms with Gasteiger partial charge in [0.2, 0.25) is 5.91 Å². The normalized spacial score (nSPS) is 18.6. The molecule has 0 bridgehead atoms. The van der Waals surface area contributed by atoms with Crippen molar-refractivity contribution >= 4 is 33.2 Å². The predicted octanol–water partition coefficient (Wildman–Crippen LogP) is 2.36. The Morgan fingerprint density at radius 2 is 2.29 bits per heavy atom. The summed E-state index contributed by atoms with van der Waals surface area (Å²) < 4.78 is 14.6. The Balaban J connectivity index is 1.83. The number of carbonyl (C=O) groups is 2. The van der Waals surface area contributed by atoms with Crippen LogP contribution in [0.25, 0.3) is 10.1 Å². The fourth-order valence-corrected chi connectivity index (χ4v) is 3.70. The lowest BCUT2D eigenvalue weighted by Gasteiger charge is -2.23. The van der Waals surface area contributed by atoms with E-state index in [0.717, 1.165) is 4.70 Å². The number of halogens is 1. The van der Waals surface area contributed by atoms with Gasteiger partial charge in [-0.15, -0.1) is 11.3 Å². The number of piperidine rings is 1. The zero-order valence-electron chi connectivity index (χ0n) is 11.5. The first-order chi connectivity index (χ1) is 10.1. The number of hydrogen-bond acceptors (Lipinski definition) is 3.